The molecule has 1 unspecified atom stereocenters. The molecule has 2 heterocycles. The molecular weight excluding hydrogens is 260 g/mol. The van der Waals surface area contributed by atoms with Crippen LogP contribution in [0.5, 0.6) is 0 Å². The standard InChI is InChI=1S/C17H22N4/c1-3-6-15(18)13-9-10-21(11-13)12-16-14-7-4-5-8-17(14)20(2)19-16/h4-5,7-11,15H,3,6,12,18H2,1-2H3. The van der Waals surface area contributed by atoms with Crippen LogP contribution in [0.15, 0.2) is 42.7 Å². The molecular formula is C17H22N4. The summed E-state index contributed by atoms with van der Waals surface area (Å²) in [6, 6.07) is 10.6. The second-order valence-corrected chi connectivity index (χ2v) is 5.60. The molecule has 0 bridgehead atoms. The van der Waals surface area contributed by atoms with Crippen molar-refractivity contribution >= 4 is 10.9 Å². The lowest BCUT2D eigenvalue weighted by molar-refractivity contribution is 0.635. The maximum atomic E-state index is 6.17. The van der Waals surface area contributed by atoms with Gasteiger partial charge in [-0.2, -0.15) is 5.10 Å². The first-order chi connectivity index (χ1) is 10.2. The number of aromatic nitrogens is 3. The average Bonchev–Trinajstić information content (AvgIpc) is 3.06. The van der Waals surface area contributed by atoms with Gasteiger partial charge in [-0.05, 0) is 24.1 Å². The van der Waals surface area contributed by atoms with E-state index in [0.29, 0.717) is 0 Å². The van der Waals surface area contributed by atoms with E-state index in [2.05, 4.69) is 53.2 Å². The van der Waals surface area contributed by atoms with Crippen molar-refractivity contribution in [2.75, 3.05) is 0 Å². The monoisotopic (exact) mass is 282 g/mol. The van der Waals surface area contributed by atoms with Crippen LogP contribution in [0.2, 0.25) is 0 Å². The third-order valence-electron chi connectivity index (χ3n) is 3.97. The molecule has 0 fully saturated rings. The largest absolute Gasteiger partial charge is 0.348 e. The highest BCUT2D eigenvalue weighted by atomic mass is 15.3. The van der Waals surface area contributed by atoms with Gasteiger partial charge in [-0.1, -0.05) is 31.5 Å². The Labute approximate surface area is 125 Å². The normalized spacial score (nSPS) is 12.9. The minimum Gasteiger partial charge on any atom is -0.348 e. The third-order valence-corrected chi connectivity index (χ3v) is 3.97. The van der Waals surface area contributed by atoms with E-state index in [1.807, 2.05) is 17.8 Å². The van der Waals surface area contributed by atoms with Gasteiger partial charge in [0.25, 0.3) is 0 Å². The summed E-state index contributed by atoms with van der Waals surface area (Å²) in [7, 11) is 1.99. The van der Waals surface area contributed by atoms with E-state index in [4.69, 9.17) is 5.73 Å². The Kier molecular flexibility index (Phi) is 3.80. The van der Waals surface area contributed by atoms with Gasteiger partial charge >= 0.3 is 0 Å². The smallest absolute Gasteiger partial charge is 0.0900 e. The fraction of sp³-hybridized carbons (Fsp3) is 0.353. The molecule has 1 aromatic carbocycles. The van der Waals surface area contributed by atoms with Crippen molar-refractivity contribution in [3.05, 3.63) is 54.0 Å². The van der Waals surface area contributed by atoms with Gasteiger partial charge in [0.05, 0.1) is 17.8 Å². The van der Waals surface area contributed by atoms with Crippen molar-refractivity contribution in [2.24, 2.45) is 12.8 Å². The van der Waals surface area contributed by atoms with Crippen molar-refractivity contribution < 1.29 is 0 Å². The minimum absolute atomic E-state index is 0.136. The predicted molar refractivity (Wildman–Crippen MR) is 86.1 cm³/mol. The Morgan fingerprint density at radius 1 is 1.24 bits per heavy atom. The first-order valence-electron chi connectivity index (χ1n) is 7.51. The fourth-order valence-corrected chi connectivity index (χ4v) is 2.83. The summed E-state index contributed by atoms with van der Waals surface area (Å²) in [4.78, 5) is 0. The van der Waals surface area contributed by atoms with Crippen LogP contribution >= 0.6 is 0 Å². The van der Waals surface area contributed by atoms with E-state index in [9.17, 15) is 0 Å². The molecule has 0 aliphatic carbocycles. The molecule has 0 saturated carbocycles. The molecule has 0 aliphatic heterocycles. The van der Waals surface area contributed by atoms with Crippen molar-refractivity contribution in [2.45, 2.75) is 32.4 Å². The molecule has 4 nitrogen and oxygen atoms in total. The lowest BCUT2D eigenvalue weighted by Crippen LogP contribution is -2.08. The number of para-hydroxylation sites is 1. The van der Waals surface area contributed by atoms with Gasteiger partial charge in [0.15, 0.2) is 0 Å². The van der Waals surface area contributed by atoms with Gasteiger partial charge in [0.1, 0.15) is 0 Å². The number of hydrogen-bond acceptors (Lipinski definition) is 2. The van der Waals surface area contributed by atoms with Gasteiger partial charge < -0.3 is 10.3 Å². The SMILES string of the molecule is CCCC(N)c1ccn(Cc2nn(C)c3ccccc23)c1. The number of benzene rings is 1. The molecule has 1 atom stereocenters. The van der Waals surface area contributed by atoms with Crippen molar-refractivity contribution in [1.29, 1.82) is 0 Å². The minimum atomic E-state index is 0.136. The summed E-state index contributed by atoms with van der Waals surface area (Å²) >= 11 is 0. The highest BCUT2D eigenvalue weighted by molar-refractivity contribution is 5.81. The lowest BCUT2D eigenvalue weighted by atomic mass is 10.1. The Morgan fingerprint density at radius 2 is 2.05 bits per heavy atom. The van der Waals surface area contributed by atoms with Crippen LogP contribution in [0, 0.1) is 0 Å². The summed E-state index contributed by atoms with van der Waals surface area (Å²) in [6.45, 7) is 2.94. The molecule has 0 saturated heterocycles. The number of hydrogen-bond donors (Lipinski definition) is 1. The van der Waals surface area contributed by atoms with Crippen LogP contribution in [0.1, 0.15) is 37.1 Å². The zero-order valence-corrected chi connectivity index (χ0v) is 12.7. The molecule has 2 aromatic heterocycles. The summed E-state index contributed by atoms with van der Waals surface area (Å²) in [5.74, 6) is 0. The Hall–Kier alpha value is -2.07. The van der Waals surface area contributed by atoms with Crippen LogP contribution in [0.3, 0.4) is 0 Å². The first-order valence-corrected chi connectivity index (χ1v) is 7.51. The van der Waals surface area contributed by atoms with E-state index in [1.165, 1.54) is 16.5 Å². The number of aryl methyl sites for hydroxylation is 1. The van der Waals surface area contributed by atoms with Crippen molar-refractivity contribution in [3.63, 3.8) is 0 Å². The molecule has 0 spiro atoms. The molecule has 0 amide bonds. The highest BCUT2D eigenvalue weighted by Crippen LogP contribution is 2.20. The first kappa shape index (κ1) is 13.9. The Balaban J connectivity index is 1.86. The van der Waals surface area contributed by atoms with Crippen molar-refractivity contribution in [1.82, 2.24) is 14.3 Å². The number of fused-ring (bicyclic) bond motifs is 1. The van der Waals surface area contributed by atoms with Crippen LogP contribution in [-0.4, -0.2) is 14.3 Å². The van der Waals surface area contributed by atoms with Gasteiger partial charge in [-0.3, -0.25) is 4.68 Å². The van der Waals surface area contributed by atoms with E-state index < -0.39 is 0 Å². The van der Waals surface area contributed by atoms with Gasteiger partial charge in [-0.25, -0.2) is 0 Å². The number of nitrogens with two attached hydrogens (primary N) is 1. The van der Waals surface area contributed by atoms with E-state index >= 15 is 0 Å². The highest BCUT2D eigenvalue weighted by Gasteiger charge is 2.10. The van der Waals surface area contributed by atoms with E-state index in [0.717, 1.165) is 25.1 Å². The Morgan fingerprint density at radius 3 is 2.86 bits per heavy atom. The summed E-state index contributed by atoms with van der Waals surface area (Å²) in [5.41, 5.74) is 9.65. The summed E-state index contributed by atoms with van der Waals surface area (Å²) < 4.78 is 4.11. The van der Waals surface area contributed by atoms with Crippen LogP contribution in [0.25, 0.3) is 10.9 Å². The van der Waals surface area contributed by atoms with Crippen LogP contribution in [-0.2, 0) is 13.6 Å². The quantitative estimate of drug-likeness (QED) is 0.781. The Bertz CT molecular complexity index is 738. The van der Waals surface area contributed by atoms with Crippen molar-refractivity contribution in [3.8, 4) is 0 Å². The van der Waals surface area contributed by atoms with E-state index in [1.54, 1.807) is 0 Å². The topological polar surface area (TPSA) is 48.8 Å². The number of nitrogens with zero attached hydrogens (tertiary/aromatic N) is 3. The average molecular weight is 282 g/mol. The maximum Gasteiger partial charge on any atom is 0.0900 e. The second kappa shape index (κ2) is 5.74. The zero-order chi connectivity index (χ0) is 14.8. The lowest BCUT2D eigenvalue weighted by Gasteiger charge is -2.07. The molecule has 2 N–H and O–H groups in total. The molecule has 0 aliphatic rings. The molecule has 21 heavy (non-hydrogen) atoms. The maximum absolute atomic E-state index is 6.17. The number of rotatable bonds is 5. The molecule has 0 radical (unpaired) electrons. The molecule has 3 rings (SSSR count). The van der Waals surface area contributed by atoms with Crippen LogP contribution < -0.4 is 5.73 Å². The fourth-order valence-electron chi connectivity index (χ4n) is 2.83. The predicted octanol–water partition coefficient (Wildman–Crippen LogP) is 3.22. The zero-order valence-electron chi connectivity index (χ0n) is 12.7. The molecule has 4 heteroatoms. The molecule has 3 aromatic rings. The van der Waals surface area contributed by atoms with Gasteiger partial charge in [-0.15, -0.1) is 0 Å². The van der Waals surface area contributed by atoms with E-state index in [-0.39, 0.29) is 6.04 Å². The van der Waals surface area contributed by atoms with Crippen LogP contribution in [0.4, 0.5) is 0 Å². The summed E-state index contributed by atoms with van der Waals surface area (Å²) in [6.07, 6.45) is 6.37. The summed E-state index contributed by atoms with van der Waals surface area (Å²) in [5, 5.41) is 5.86. The second-order valence-electron chi connectivity index (χ2n) is 5.60. The third kappa shape index (κ3) is 2.72. The molecule has 110 valence electrons. The van der Waals surface area contributed by atoms with Gasteiger partial charge in [0.2, 0.25) is 0 Å². The van der Waals surface area contributed by atoms with Gasteiger partial charge in [0, 0.05) is 30.9 Å².